The Bertz CT molecular complexity index is 502. The number of nitrogens with zero attached hydrogens (tertiary/aromatic N) is 1. The molecule has 0 aromatic heterocycles. The van der Waals surface area contributed by atoms with Gasteiger partial charge in [-0.3, -0.25) is 0 Å². The van der Waals surface area contributed by atoms with E-state index < -0.39 is 0 Å². The molecule has 2 unspecified atom stereocenters. The van der Waals surface area contributed by atoms with Crippen LogP contribution in [0.1, 0.15) is 0 Å². The number of nitrogens with two attached hydrogens (primary N) is 1. The monoisotopic (exact) mass is 228 g/mol. The van der Waals surface area contributed by atoms with E-state index in [9.17, 15) is 0 Å². The van der Waals surface area contributed by atoms with E-state index in [1.54, 1.807) is 0 Å². The number of aliphatic imine (C=N–C) groups is 1. The third-order valence-electron chi connectivity index (χ3n) is 2.80. The number of thioether (sulfide) groups is 1. The fourth-order valence-corrected chi connectivity index (χ4v) is 3.21. The molecule has 0 bridgehead atoms. The Labute approximate surface area is 99.0 Å². The second kappa shape index (κ2) is 3.83. The second-order valence-electron chi connectivity index (χ2n) is 3.88. The average Bonchev–Trinajstić information content (AvgIpc) is 2.45. The first-order valence-electron chi connectivity index (χ1n) is 5.29. The Kier molecular flexibility index (Phi) is 2.33. The summed E-state index contributed by atoms with van der Waals surface area (Å²) in [5.74, 6) is 0.936. The molecule has 0 saturated carbocycles. The number of rotatable bonds is 0. The number of hydrogen-bond donors (Lipinski definition) is 1. The summed E-state index contributed by atoms with van der Waals surface area (Å²) in [5.41, 5.74) is 7.04. The zero-order valence-corrected chi connectivity index (χ0v) is 9.52. The van der Waals surface area contributed by atoms with E-state index in [2.05, 4.69) is 29.3 Å². The van der Waals surface area contributed by atoms with Crippen LogP contribution in [0.5, 0.6) is 0 Å². The average molecular weight is 228 g/mol. The smallest absolute Gasteiger partial charge is 0.108 e. The van der Waals surface area contributed by atoms with Gasteiger partial charge in [0.05, 0.1) is 11.6 Å². The van der Waals surface area contributed by atoms with Crippen molar-refractivity contribution >= 4 is 23.3 Å². The molecular formula is C13H12N2S. The Morgan fingerprint density at radius 3 is 2.88 bits per heavy atom. The van der Waals surface area contributed by atoms with Crippen molar-refractivity contribution in [2.75, 3.05) is 0 Å². The van der Waals surface area contributed by atoms with Gasteiger partial charge in [0.2, 0.25) is 0 Å². The van der Waals surface area contributed by atoms with E-state index in [1.165, 1.54) is 4.90 Å². The summed E-state index contributed by atoms with van der Waals surface area (Å²) in [7, 11) is 0. The lowest BCUT2D eigenvalue weighted by Gasteiger charge is -2.20. The van der Waals surface area contributed by atoms with Crippen LogP contribution in [-0.4, -0.2) is 11.1 Å². The van der Waals surface area contributed by atoms with Gasteiger partial charge >= 0.3 is 0 Å². The van der Waals surface area contributed by atoms with E-state index in [0.29, 0.717) is 11.1 Å². The van der Waals surface area contributed by atoms with Crippen LogP contribution in [0.25, 0.3) is 0 Å². The van der Waals surface area contributed by atoms with Crippen LogP contribution in [0.2, 0.25) is 0 Å². The van der Waals surface area contributed by atoms with Crippen molar-refractivity contribution in [2.24, 2.45) is 16.6 Å². The van der Waals surface area contributed by atoms with Crippen molar-refractivity contribution in [2.45, 2.75) is 10.1 Å². The van der Waals surface area contributed by atoms with Crippen LogP contribution in [0, 0.1) is 5.92 Å². The fourth-order valence-electron chi connectivity index (χ4n) is 1.98. The zero-order valence-electron chi connectivity index (χ0n) is 8.71. The number of allylic oxidation sites excluding steroid dienone is 2. The molecule has 1 aromatic rings. The molecule has 1 aliphatic heterocycles. The highest BCUT2D eigenvalue weighted by atomic mass is 32.2. The van der Waals surface area contributed by atoms with Gasteiger partial charge < -0.3 is 5.73 Å². The van der Waals surface area contributed by atoms with Gasteiger partial charge in [-0.25, -0.2) is 4.99 Å². The normalized spacial score (nSPS) is 26.6. The lowest BCUT2D eigenvalue weighted by molar-refractivity contribution is 0.881. The molecule has 3 rings (SSSR count). The number of amidine groups is 1. The predicted molar refractivity (Wildman–Crippen MR) is 69.1 cm³/mol. The first-order chi connectivity index (χ1) is 7.84. The highest BCUT2D eigenvalue weighted by Crippen LogP contribution is 2.40. The quantitative estimate of drug-likeness (QED) is 0.741. The van der Waals surface area contributed by atoms with Gasteiger partial charge in [0.25, 0.3) is 0 Å². The first-order valence-corrected chi connectivity index (χ1v) is 6.17. The fraction of sp³-hybridized carbons (Fsp3) is 0.154. The molecule has 0 spiro atoms. The molecule has 1 aromatic carbocycles. The van der Waals surface area contributed by atoms with Crippen LogP contribution in [0.4, 0.5) is 5.69 Å². The summed E-state index contributed by atoms with van der Waals surface area (Å²) in [4.78, 5) is 5.72. The van der Waals surface area contributed by atoms with Crippen LogP contribution in [-0.2, 0) is 0 Å². The second-order valence-corrected chi connectivity index (χ2v) is 5.10. The number of benzene rings is 1. The van der Waals surface area contributed by atoms with E-state index in [4.69, 9.17) is 5.73 Å². The summed E-state index contributed by atoms with van der Waals surface area (Å²) in [6, 6.07) is 8.16. The molecule has 0 fully saturated rings. The minimum atomic E-state index is 0.224. The van der Waals surface area contributed by atoms with Gasteiger partial charge in [-0.1, -0.05) is 36.4 Å². The largest absolute Gasteiger partial charge is 0.387 e. The number of hydrogen-bond acceptors (Lipinski definition) is 3. The summed E-state index contributed by atoms with van der Waals surface area (Å²) in [6.07, 6.45) is 8.44. The molecule has 2 atom stereocenters. The van der Waals surface area contributed by atoms with Crippen molar-refractivity contribution in [3.05, 3.63) is 48.6 Å². The van der Waals surface area contributed by atoms with Crippen LogP contribution >= 0.6 is 11.8 Å². The predicted octanol–water partition coefficient (Wildman–Crippen LogP) is 2.89. The van der Waals surface area contributed by atoms with Crippen LogP contribution in [0.3, 0.4) is 0 Å². The van der Waals surface area contributed by atoms with E-state index in [0.717, 1.165) is 5.69 Å². The summed E-state index contributed by atoms with van der Waals surface area (Å²) in [5, 5.41) is 0.373. The Balaban J connectivity index is 2.10. The van der Waals surface area contributed by atoms with Crippen molar-refractivity contribution < 1.29 is 0 Å². The number of para-hydroxylation sites is 1. The van der Waals surface area contributed by atoms with Crippen molar-refractivity contribution in [3.8, 4) is 0 Å². The Hall–Kier alpha value is -1.48. The third-order valence-corrected chi connectivity index (χ3v) is 4.13. The standard InChI is InChI=1S/C13H12N2S/c14-13-9-5-1-3-7-11(9)16-12-8-4-2-6-10(12)15-13/h1-9,11H,(H2,14,15). The maximum absolute atomic E-state index is 6.06. The molecule has 3 heteroatoms. The lowest BCUT2D eigenvalue weighted by Crippen LogP contribution is -2.29. The van der Waals surface area contributed by atoms with E-state index >= 15 is 0 Å². The van der Waals surface area contributed by atoms with Crippen LogP contribution in [0.15, 0.2) is 58.5 Å². The highest BCUT2D eigenvalue weighted by molar-refractivity contribution is 8.00. The lowest BCUT2D eigenvalue weighted by atomic mass is 9.99. The summed E-state index contributed by atoms with van der Waals surface area (Å²) >= 11 is 1.83. The van der Waals surface area contributed by atoms with E-state index in [1.807, 2.05) is 36.0 Å². The van der Waals surface area contributed by atoms with Crippen molar-refractivity contribution in [3.63, 3.8) is 0 Å². The maximum atomic E-state index is 6.06. The molecular weight excluding hydrogens is 216 g/mol. The molecule has 2 aliphatic rings. The van der Waals surface area contributed by atoms with Gasteiger partial charge in [0, 0.05) is 10.1 Å². The topological polar surface area (TPSA) is 38.4 Å². The van der Waals surface area contributed by atoms with Gasteiger partial charge in [-0.2, -0.15) is 0 Å². The molecule has 2 N–H and O–H groups in total. The Morgan fingerprint density at radius 2 is 1.94 bits per heavy atom. The number of fused-ring (bicyclic) bond motifs is 2. The van der Waals surface area contributed by atoms with Crippen molar-refractivity contribution in [1.82, 2.24) is 0 Å². The highest BCUT2D eigenvalue weighted by Gasteiger charge is 2.26. The molecule has 0 radical (unpaired) electrons. The van der Waals surface area contributed by atoms with Gasteiger partial charge in [0.1, 0.15) is 5.84 Å². The molecule has 2 nitrogen and oxygen atoms in total. The maximum Gasteiger partial charge on any atom is 0.108 e. The minimum absolute atomic E-state index is 0.224. The van der Waals surface area contributed by atoms with Gasteiger partial charge in [-0.15, -0.1) is 11.8 Å². The third kappa shape index (κ3) is 1.57. The first kappa shape index (κ1) is 9.73. The van der Waals surface area contributed by atoms with Crippen LogP contribution < -0.4 is 5.73 Å². The van der Waals surface area contributed by atoms with E-state index in [-0.39, 0.29) is 5.92 Å². The Morgan fingerprint density at radius 1 is 1.12 bits per heavy atom. The molecule has 1 aliphatic carbocycles. The zero-order chi connectivity index (χ0) is 11.0. The molecule has 80 valence electrons. The van der Waals surface area contributed by atoms with Gasteiger partial charge in [-0.05, 0) is 12.1 Å². The van der Waals surface area contributed by atoms with Gasteiger partial charge in [0.15, 0.2) is 0 Å². The summed E-state index contributed by atoms with van der Waals surface area (Å²) in [6.45, 7) is 0. The summed E-state index contributed by atoms with van der Waals surface area (Å²) < 4.78 is 0. The molecule has 16 heavy (non-hydrogen) atoms. The molecule has 0 saturated heterocycles. The molecule has 1 heterocycles. The SMILES string of the molecule is NC1=Nc2ccccc2SC2C=CC=CC12. The molecule has 0 amide bonds. The van der Waals surface area contributed by atoms with Crippen molar-refractivity contribution in [1.29, 1.82) is 0 Å². The minimum Gasteiger partial charge on any atom is -0.387 e.